The van der Waals surface area contributed by atoms with E-state index >= 15 is 0 Å². The average molecular weight is 502 g/mol. The van der Waals surface area contributed by atoms with E-state index in [0.29, 0.717) is 13.1 Å². The number of aliphatic hydroxyl groups is 1. The molecule has 1 aliphatic carbocycles. The maximum atomic E-state index is 10.8. The first-order valence-electron chi connectivity index (χ1n) is 10.1. The third kappa shape index (κ3) is 6.86. The zero-order chi connectivity index (χ0) is 19.2. The smallest absolute Gasteiger partial charge is 0.191 e. The van der Waals surface area contributed by atoms with Gasteiger partial charge in [-0.25, -0.2) is 0 Å². The first-order valence-corrected chi connectivity index (χ1v) is 10.1. The Bertz CT molecular complexity index is 614. The Balaban J connectivity index is 0.00000280. The van der Waals surface area contributed by atoms with Gasteiger partial charge in [-0.2, -0.15) is 0 Å². The summed E-state index contributed by atoms with van der Waals surface area (Å²) in [6, 6.07) is 10.7. The van der Waals surface area contributed by atoms with Crippen LogP contribution in [0, 0.1) is 0 Å². The molecule has 158 valence electrons. The van der Waals surface area contributed by atoms with Crippen molar-refractivity contribution in [2.45, 2.75) is 37.7 Å². The van der Waals surface area contributed by atoms with Gasteiger partial charge in [-0.15, -0.1) is 24.0 Å². The maximum Gasteiger partial charge on any atom is 0.191 e. The fraction of sp³-hybridized carbons (Fsp3) is 0.667. The van der Waals surface area contributed by atoms with E-state index in [-0.39, 0.29) is 29.4 Å². The summed E-state index contributed by atoms with van der Waals surface area (Å²) in [6.07, 6.45) is 2.41. The van der Waals surface area contributed by atoms with Crippen LogP contribution in [-0.4, -0.2) is 74.0 Å². The van der Waals surface area contributed by atoms with Crippen LogP contribution in [0.15, 0.2) is 35.3 Å². The highest BCUT2D eigenvalue weighted by molar-refractivity contribution is 14.0. The zero-order valence-corrected chi connectivity index (χ0v) is 19.4. The summed E-state index contributed by atoms with van der Waals surface area (Å²) in [5.74, 6) is 0.780. The lowest BCUT2D eigenvalue weighted by molar-refractivity contribution is -0.0179. The summed E-state index contributed by atoms with van der Waals surface area (Å²) in [7, 11) is 0. The summed E-state index contributed by atoms with van der Waals surface area (Å²) in [5.41, 5.74) is 0.775. The molecule has 0 spiro atoms. The number of hydrogen-bond acceptors (Lipinski definition) is 4. The molecular formula is C21H35IN4O2. The highest BCUT2D eigenvalue weighted by Gasteiger charge is 2.44. The van der Waals surface area contributed by atoms with Crippen molar-refractivity contribution in [1.82, 2.24) is 15.5 Å². The molecule has 0 aromatic heterocycles. The number of morpholine rings is 1. The number of rotatable bonds is 8. The highest BCUT2D eigenvalue weighted by Crippen LogP contribution is 2.47. The molecule has 1 aromatic carbocycles. The van der Waals surface area contributed by atoms with E-state index < -0.39 is 5.60 Å². The monoisotopic (exact) mass is 502 g/mol. The normalized spacial score (nSPS) is 21.3. The van der Waals surface area contributed by atoms with Crippen LogP contribution in [0.5, 0.6) is 0 Å². The Hall–Kier alpha value is -0.900. The van der Waals surface area contributed by atoms with Gasteiger partial charge < -0.3 is 20.5 Å². The van der Waals surface area contributed by atoms with Crippen molar-refractivity contribution in [2.75, 3.05) is 52.5 Å². The Kier molecular flexibility index (Phi) is 8.98. The van der Waals surface area contributed by atoms with Gasteiger partial charge in [0.05, 0.1) is 25.4 Å². The van der Waals surface area contributed by atoms with Gasteiger partial charge in [0, 0.05) is 38.1 Å². The fourth-order valence-corrected chi connectivity index (χ4v) is 3.65. The Labute approximate surface area is 186 Å². The third-order valence-corrected chi connectivity index (χ3v) is 5.42. The Morgan fingerprint density at radius 1 is 1.21 bits per heavy atom. The minimum absolute atomic E-state index is 0. The highest BCUT2D eigenvalue weighted by atomic mass is 127. The summed E-state index contributed by atoms with van der Waals surface area (Å²) in [5, 5.41) is 17.6. The van der Waals surface area contributed by atoms with E-state index in [9.17, 15) is 5.11 Å². The molecule has 1 unspecified atom stereocenters. The molecule has 3 rings (SSSR count). The van der Waals surface area contributed by atoms with E-state index in [1.165, 1.54) is 18.4 Å². The number of β-amino-alcohol motifs (C(OH)–C–C–N with tert-alkyl or cyclic N) is 1. The molecule has 1 heterocycles. The van der Waals surface area contributed by atoms with Crippen molar-refractivity contribution in [3.63, 3.8) is 0 Å². The van der Waals surface area contributed by atoms with Gasteiger partial charge in [0.25, 0.3) is 0 Å². The zero-order valence-electron chi connectivity index (χ0n) is 17.1. The van der Waals surface area contributed by atoms with Crippen molar-refractivity contribution in [1.29, 1.82) is 0 Å². The topological polar surface area (TPSA) is 69.1 Å². The minimum Gasteiger partial charge on any atom is -0.387 e. The molecule has 2 fully saturated rings. The van der Waals surface area contributed by atoms with Crippen molar-refractivity contribution in [2.24, 2.45) is 4.99 Å². The minimum atomic E-state index is -0.851. The van der Waals surface area contributed by atoms with E-state index in [2.05, 4.69) is 57.8 Å². The van der Waals surface area contributed by atoms with E-state index in [1.54, 1.807) is 0 Å². The molecule has 0 amide bonds. The largest absolute Gasteiger partial charge is 0.387 e. The molecule has 0 bridgehead atoms. The number of nitrogens with one attached hydrogen (secondary N) is 2. The van der Waals surface area contributed by atoms with Gasteiger partial charge in [0.2, 0.25) is 0 Å². The summed E-state index contributed by atoms with van der Waals surface area (Å²) >= 11 is 0. The molecule has 1 saturated carbocycles. The number of halogens is 1. The SMILES string of the molecule is CCNC(=NCC(C)(O)CN1CCOCC1)NCC1(c2ccccc2)CC1.I. The van der Waals surface area contributed by atoms with Gasteiger partial charge >= 0.3 is 0 Å². The van der Waals surface area contributed by atoms with Crippen molar-refractivity contribution in [3.05, 3.63) is 35.9 Å². The molecule has 1 aromatic rings. The quantitative estimate of drug-likeness (QED) is 0.288. The third-order valence-electron chi connectivity index (χ3n) is 5.42. The molecule has 6 nitrogen and oxygen atoms in total. The lowest BCUT2D eigenvalue weighted by atomic mass is 9.96. The van der Waals surface area contributed by atoms with E-state index in [4.69, 9.17) is 4.74 Å². The maximum absolute atomic E-state index is 10.8. The van der Waals surface area contributed by atoms with Crippen LogP contribution in [0.4, 0.5) is 0 Å². The van der Waals surface area contributed by atoms with Gasteiger partial charge in [-0.3, -0.25) is 9.89 Å². The van der Waals surface area contributed by atoms with Crippen molar-refractivity contribution in [3.8, 4) is 0 Å². The molecule has 3 N–H and O–H groups in total. The number of hydrogen-bond donors (Lipinski definition) is 3. The van der Waals surface area contributed by atoms with E-state index in [1.807, 2.05) is 6.92 Å². The molecule has 0 radical (unpaired) electrons. The number of ether oxygens (including phenoxy) is 1. The second kappa shape index (κ2) is 10.8. The Morgan fingerprint density at radius 3 is 2.50 bits per heavy atom. The second-order valence-corrected chi connectivity index (χ2v) is 8.08. The van der Waals surface area contributed by atoms with Crippen LogP contribution in [0.25, 0.3) is 0 Å². The van der Waals surface area contributed by atoms with Crippen LogP contribution in [0.2, 0.25) is 0 Å². The fourth-order valence-electron chi connectivity index (χ4n) is 3.65. The summed E-state index contributed by atoms with van der Waals surface area (Å²) in [6.45, 7) is 9.82. The predicted octanol–water partition coefficient (Wildman–Crippen LogP) is 1.97. The Morgan fingerprint density at radius 2 is 1.89 bits per heavy atom. The van der Waals surface area contributed by atoms with Crippen molar-refractivity contribution < 1.29 is 9.84 Å². The second-order valence-electron chi connectivity index (χ2n) is 8.08. The molecule has 1 atom stereocenters. The van der Waals surface area contributed by atoms with Crippen LogP contribution in [0.3, 0.4) is 0 Å². The van der Waals surface area contributed by atoms with Crippen LogP contribution in [0.1, 0.15) is 32.3 Å². The first kappa shape index (κ1) is 23.4. The number of benzene rings is 1. The average Bonchev–Trinajstić information content (AvgIpc) is 3.46. The first-order chi connectivity index (χ1) is 13.0. The van der Waals surface area contributed by atoms with Gasteiger partial charge in [0.15, 0.2) is 5.96 Å². The molecule has 28 heavy (non-hydrogen) atoms. The molecule has 1 aliphatic heterocycles. The number of aliphatic imine (C=N–C) groups is 1. The molecular weight excluding hydrogens is 467 g/mol. The van der Waals surface area contributed by atoms with E-state index in [0.717, 1.165) is 45.4 Å². The van der Waals surface area contributed by atoms with Crippen LogP contribution < -0.4 is 10.6 Å². The molecule has 1 saturated heterocycles. The summed E-state index contributed by atoms with van der Waals surface area (Å²) < 4.78 is 5.38. The number of guanidine groups is 1. The lowest BCUT2D eigenvalue weighted by Gasteiger charge is -2.33. The summed E-state index contributed by atoms with van der Waals surface area (Å²) in [4.78, 5) is 6.91. The molecule has 7 heteroatoms. The lowest BCUT2D eigenvalue weighted by Crippen LogP contribution is -2.48. The van der Waals surface area contributed by atoms with Gasteiger partial charge in [-0.05, 0) is 32.3 Å². The van der Waals surface area contributed by atoms with Crippen molar-refractivity contribution >= 4 is 29.9 Å². The standard InChI is InChI=1S/C21H34N4O2.HI/c1-3-22-19(23-15-20(2,26)17-25-11-13-27-14-12-25)24-16-21(9-10-21)18-7-5-4-6-8-18;/h4-8,26H,3,9-17H2,1-2H3,(H2,22,23,24);1H. The molecule has 2 aliphatic rings. The van der Waals surface area contributed by atoms with Gasteiger partial charge in [-0.1, -0.05) is 30.3 Å². The van der Waals surface area contributed by atoms with Crippen LogP contribution in [-0.2, 0) is 10.2 Å². The number of nitrogens with zero attached hydrogens (tertiary/aromatic N) is 2. The van der Waals surface area contributed by atoms with Gasteiger partial charge in [0.1, 0.15) is 0 Å². The predicted molar refractivity (Wildman–Crippen MR) is 125 cm³/mol. The van der Waals surface area contributed by atoms with Crippen LogP contribution >= 0.6 is 24.0 Å².